The van der Waals surface area contributed by atoms with E-state index in [-0.39, 0.29) is 5.16 Å². The maximum Gasteiger partial charge on any atom is 0.348 e. The molecule has 2 aromatic rings. The van der Waals surface area contributed by atoms with Crippen molar-refractivity contribution in [2.24, 2.45) is 0 Å². The highest BCUT2D eigenvalue weighted by molar-refractivity contribution is 7.99. The van der Waals surface area contributed by atoms with Gasteiger partial charge in [-0.3, -0.25) is 4.79 Å². The first-order chi connectivity index (χ1) is 9.41. The van der Waals surface area contributed by atoms with Crippen LogP contribution in [0.4, 0.5) is 13.2 Å². The summed E-state index contributed by atoms with van der Waals surface area (Å²) in [6, 6.07) is 1.51. The molecule has 10 heteroatoms. The number of nitrogens with zero attached hydrogens (tertiary/aromatic N) is 2. The van der Waals surface area contributed by atoms with Crippen LogP contribution in [-0.2, 0) is 4.79 Å². The first-order valence-electron chi connectivity index (χ1n) is 5.07. The molecule has 6 nitrogen and oxygen atoms in total. The Kier molecular flexibility index (Phi) is 3.84. The summed E-state index contributed by atoms with van der Waals surface area (Å²) in [6.07, 6.45) is 0. The Balaban J connectivity index is 2.53. The fourth-order valence-electron chi connectivity index (χ4n) is 1.41. The van der Waals surface area contributed by atoms with Crippen LogP contribution in [0.1, 0.15) is 0 Å². The van der Waals surface area contributed by atoms with Crippen LogP contribution in [-0.4, -0.2) is 31.6 Å². The van der Waals surface area contributed by atoms with Gasteiger partial charge in [0, 0.05) is 0 Å². The molecule has 0 saturated heterocycles. The molecule has 0 fully saturated rings. The standard InChI is InChI=1S/C10H6F3N3O3S/c11-4-1-2-5(8(13)7(4)12)16-9(19)14-15-10(16)20-3-6(17)18/h1-2H,3H2,(H,14,19)(H,17,18). The first-order valence-corrected chi connectivity index (χ1v) is 6.06. The van der Waals surface area contributed by atoms with Gasteiger partial charge in [-0.15, -0.1) is 5.10 Å². The molecule has 0 unspecified atom stereocenters. The van der Waals surface area contributed by atoms with Gasteiger partial charge in [-0.25, -0.2) is 27.6 Å². The average molecular weight is 305 g/mol. The van der Waals surface area contributed by atoms with Crippen molar-refractivity contribution in [2.45, 2.75) is 5.16 Å². The van der Waals surface area contributed by atoms with Gasteiger partial charge in [-0.2, -0.15) is 0 Å². The number of rotatable bonds is 4. The smallest absolute Gasteiger partial charge is 0.348 e. The van der Waals surface area contributed by atoms with Gasteiger partial charge in [0.25, 0.3) is 0 Å². The van der Waals surface area contributed by atoms with Crippen molar-refractivity contribution in [3.8, 4) is 5.69 Å². The number of nitrogens with one attached hydrogen (secondary N) is 1. The van der Waals surface area contributed by atoms with Crippen molar-refractivity contribution in [1.29, 1.82) is 0 Å². The van der Waals surface area contributed by atoms with Gasteiger partial charge >= 0.3 is 11.7 Å². The number of aliphatic carboxylic acids is 1. The molecule has 0 amide bonds. The minimum absolute atomic E-state index is 0.178. The van der Waals surface area contributed by atoms with Gasteiger partial charge in [0.15, 0.2) is 22.6 Å². The second-order valence-electron chi connectivity index (χ2n) is 3.52. The predicted molar refractivity (Wildman–Crippen MR) is 62.4 cm³/mol. The second kappa shape index (κ2) is 5.41. The highest BCUT2D eigenvalue weighted by Crippen LogP contribution is 2.22. The maximum absolute atomic E-state index is 13.6. The SMILES string of the molecule is O=C(O)CSc1n[nH]c(=O)n1-c1ccc(F)c(F)c1F. The van der Waals surface area contributed by atoms with E-state index in [0.717, 1.165) is 6.07 Å². The van der Waals surface area contributed by atoms with Crippen molar-refractivity contribution in [2.75, 3.05) is 5.75 Å². The number of hydrogen-bond acceptors (Lipinski definition) is 4. The zero-order valence-electron chi connectivity index (χ0n) is 9.56. The Morgan fingerprint density at radius 1 is 1.35 bits per heavy atom. The number of carbonyl (C=O) groups is 1. The minimum atomic E-state index is -1.73. The third-order valence-corrected chi connectivity index (χ3v) is 3.15. The van der Waals surface area contributed by atoms with E-state index < -0.39 is 40.6 Å². The highest BCUT2D eigenvalue weighted by atomic mass is 32.2. The summed E-state index contributed by atoms with van der Waals surface area (Å²) in [5.41, 5.74) is -1.46. The number of benzene rings is 1. The van der Waals surface area contributed by atoms with Crippen LogP contribution in [0.3, 0.4) is 0 Å². The number of aromatic nitrogens is 3. The third kappa shape index (κ3) is 2.54. The summed E-state index contributed by atoms with van der Waals surface area (Å²) >= 11 is 0.628. The fourth-order valence-corrected chi connectivity index (χ4v) is 2.08. The van der Waals surface area contributed by atoms with E-state index in [1.54, 1.807) is 0 Å². The van der Waals surface area contributed by atoms with Crippen LogP contribution in [0.5, 0.6) is 0 Å². The Bertz CT molecular complexity index is 728. The first kappa shape index (κ1) is 14.2. The van der Waals surface area contributed by atoms with Crippen LogP contribution in [0.15, 0.2) is 22.1 Å². The summed E-state index contributed by atoms with van der Waals surface area (Å²) in [6.45, 7) is 0. The molecule has 0 saturated carbocycles. The van der Waals surface area contributed by atoms with Gasteiger partial charge in [0.2, 0.25) is 0 Å². The Labute approximate surface area is 113 Å². The third-order valence-electron chi connectivity index (χ3n) is 2.22. The van der Waals surface area contributed by atoms with Gasteiger partial charge in [0.1, 0.15) is 0 Å². The molecule has 0 aliphatic carbocycles. The van der Waals surface area contributed by atoms with E-state index in [9.17, 15) is 22.8 Å². The Morgan fingerprint density at radius 3 is 2.70 bits per heavy atom. The molecule has 20 heavy (non-hydrogen) atoms. The predicted octanol–water partition coefficient (Wildman–Crippen LogP) is 1.15. The largest absolute Gasteiger partial charge is 0.481 e. The number of thioether (sulfide) groups is 1. The molecule has 0 radical (unpaired) electrons. The molecule has 0 bridgehead atoms. The quantitative estimate of drug-likeness (QED) is 0.653. The van der Waals surface area contributed by atoms with Gasteiger partial charge in [-0.05, 0) is 12.1 Å². The van der Waals surface area contributed by atoms with E-state index in [4.69, 9.17) is 5.11 Å². The van der Waals surface area contributed by atoms with Crippen LogP contribution in [0.25, 0.3) is 5.69 Å². The summed E-state index contributed by atoms with van der Waals surface area (Å²) < 4.78 is 40.3. The Morgan fingerprint density at radius 2 is 2.05 bits per heavy atom. The number of hydrogen-bond donors (Lipinski definition) is 2. The molecule has 2 N–H and O–H groups in total. The monoisotopic (exact) mass is 305 g/mol. The lowest BCUT2D eigenvalue weighted by Crippen LogP contribution is -2.18. The molecule has 1 aromatic heterocycles. The molecule has 1 heterocycles. The number of carboxylic acid groups (broad SMARTS) is 1. The lowest BCUT2D eigenvalue weighted by molar-refractivity contribution is -0.133. The number of halogens is 3. The summed E-state index contributed by atoms with van der Waals surface area (Å²) in [4.78, 5) is 22.0. The molecule has 0 aliphatic heterocycles. The molecule has 106 valence electrons. The van der Waals surface area contributed by atoms with Gasteiger partial charge in [-0.1, -0.05) is 11.8 Å². The molecular formula is C10H6F3N3O3S. The van der Waals surface area contributed by atoms with E-state index in [0.29, 0.717) is 22.4 Å². The van der Waals surface area contributed by atoms with Crippen molar-refractivity contribution in [3.05, 3.63) is 40.1 Å². The average Bonchev–Trinajstić information content (AvgIpc) is 2.75. The molecule has 1 aromatic carbocycles. The van der Waals surface area contributed by atoms with Gasteiger partial charge < -0.3 is 5.11 Å². The molecule has 2 rings (SSSR count). The molecular weight excluding hydrogens is 299 g/mol. The van der Waals surface area contributed by atoms with Crippen molar-refractivity contribution in [1.82, 2.24) is 14.8 Å². The van der Waals surface area contributed by atoms with Gasteiger partial charge in [0.05, 0.1) is 11.4 Å². The number of aromatic amines is 1. The van der Waals surface area contributed by atoms with Crippen molar-refractivity contribution < 1.29 is 23.1 Å². The van der Waals surface area contributed by atoms with E-state index in [1.807, 2.05) is 5.10 Å². The van der Waals surface area contributed by atoms with Crippen LogP contribution >= 0.6 is 11.8 Å². The van der Waals surface area contributed by atoms with Crippen LogP contribution < -0.4 is 5.69 Å². The summed E-state index contributed by atoms with van der Waals surface area (Å²) in [5.74, 6) is -6.31. The number of H-pyrrole nitrogens is 1. The summed E-state index contributed by atoms with van der Waals surface area (Å²) in [7, 11) is 0. The van der Waals surface area contributed by atoms with Crippen LogP contribution in [0, 0.1) is 17.5 Å². The highest BCUT2D eigenvalue weighted by Gasteiger charge is 2.20. The van der Waals surface area contributed by atoms with E-state index in [1.165, 1.54) is 0 Å². The van der Waals surface area contributed by atoms with Crippen LogP contribution in [0.2, 0.25) is 0 Å². The van der Waals surface area contributed by atoms with E-state index in [2.05, 4.69) is 5.10 Å². The van der Waals surface area contributed by atoms with Crippen molar-refractivity contribution >= 4 is 17.7 Å². The van der Waals surface area contributed by atoms with E-state index >= 15 is 0 Å². The lowest BCUT2D eigenvalue weighted by atomic mass is 10.3. The minimum Gasteiger partial charge on any atom is -0.481 e. The summed E-state index contributed by atoms with van der Waals surface area (Å²) in [5, 5.41) is 13.9. The Hall–Kier alpha value is -2.23. The molecule has 0 spiro atoms. The molecule has 0 aliphatic rings. The second-order valence-corrected chi connectivity index (χ2v) is 4.47. The topological polar surface area (TPSA) is 88.0 Å². The maximum atomic E-state index is 13.6. The number of carboxylic acids is 1. The van der Waals surface area contributed by atoms with Crippen molar-refractivity contribution in [3.63, 3.8) is 0 Å². The zero-order valence-corrected chi connectivity index (χ0v) is 10.4. The zero-order chi connectivity index (χ0) is 14.9. The molecule has 0 atom stereocenters. The lowest BCUT2D eigenvalue weighted by Gasteiger charge is -2.06. The fraction of sp³-hybridized carbons (Fsp3) is 0.100. The normalized spacial score (nSPS) is 10.8.